The zero-order chi connectivity index (χ0) is 22.6. The molecule has 2 aliphatic heterocycles. The maximum absolute atomic E-state index is 12.3. The number of rotatable bonds is 6. The highest BCUT2D eigenvalue weighted by atomic mass is 35.5. The molecule has 1 amide bonds. The van der Waals surface area contributed by atoms with Crippen molar-refractivity contribution in [3.63, 3.8) is 0 Å². The summed E-state index contributed by atoms with van der Waals surface area (Å²) in [5.41, 5.74) is 5.53. The van der Waals surface area contributed by atoms with Crippen LogP contribution in [0.15, 0.2) is 53.6 Å². The van der Waals surface area contributed by atoms with Crippen molar-refractivity contribution in [2.45, 2.75) is 6.54 Å². The van der Waals surface area contributed by atoms with Gasteiger partial charge >= 0.3 is 0 Å². The summed E-state index contributed by atoms with van der Waals surface area (Å²) in [5, 5.41) is 11.0. The summed E-state index contributed by atoms with van der Waals surface area (Å²) >= 11 is 6.08. The minimum atomic E-state index is -0.287. The first-order chi connectivity index (χ1) is 16.2. The molecule has 0 radical (unpaired) electrons. The van der Waals surface area contributed by atoms with E-state index in [-0.39, 0.29) is 17.6 Å². The Kier molecular flexibility index (Phi) is 6.01. The van der Waals surface area contributed by atoms with E-state index in [1.165, 1.54) is 0 Å². The smallest absolute Gasteiger partial charge is 0.276 e. The molecule has 0 unspecified atom stereocenters. The third-order valence-corrected chi connectivity index (χ3v) is 5.41. The molecule has 0 atom stereocenters. The maximum atomic E-state index is 12.3. The fourth-order valence-corrected chi connectivity index (χ4v) is 3.76. The van der Waals surface area contributed by atoms with Crippen molar-refractivity contribution in [3.05, 3.63) is 64.7 Å². The number of fused-ring (bicyclic) bond motifs is 1. The van der Waals surface area contributed by atoms with E-state index in [0.717, 1.165) is 16.8 Å². The van der Waals surface area contributed by atoms with Gasteiger partial charge in [0.1, 0.15) is 0 Å². The zero-order valence-electron chi connectivity index (χ0n) is 17.6. The molecule has 1 saturated heterocycles. The Morgan fingerprint density at radius 3 is 2.73 bits per heavy atom. The van der Waals surface area contributed by atoms with Crippen molar-refractivity contribution in [2.24, 2.45) is 5.10 Å². The standard InChI is InChI=1S/C22H21ClN8O2/c23-15-5-3-4-14(12-15)13-24-20-26-21(28-22(27-20)31-8-10-33-11-9-31)30-29-18-16-6-1-2-7-17(16)25-19(18)32/h1-7,12H,8-11,13H2,(H,25,29,32)(H2,24,26,27,28,30). The van der Waals surface area contributed by atoms with Gasteiger partial charge in [0.15, 0.2) is 5.71 Å². The predicted molar refractivity (Wildman–Crippen MR) is 127 cm³/mol. The number of halogens is 1. The summed E-state index contributed by atoms with van der Waals surface area (Å²) in [6, 6.07) is 14.9. The van der Waals surface area contributed by atoms with E-state index in [1.54, 1.807) is 0 Å². The van der Waals surface area contributed by atoms with Crippen LogP contribution in [0.5, 0.6) is 0 Å². The van der Waals surface area contributed by atoms with Crippen molar-refractivity contribution in [3.8, 4) is 0 Å². The van der Waals surface area contributed by atoms with Crippen LogP contribution in [-0.4, -0.2) is 52.9 Å². The SMILES string of the molecule is O=C1Nc2ccccc2C1=NNc1nc(NCc2cccc(Cl)c2)nc(N2CCOCC2)n1. The molecule has 11 heteroatoms. The Hall–Kier alpha value is -3.76. The molecule has 0 bridgehead atoms. The predicted octanol–water partition coefficient (Wildman–Crippen LogP) is 2.74. The first-order valence-corrected chi connectivity index (χ1v) is 10.8. The van der Waals surface area contributed by atoms with Gasteiger partial charge in [0, 0.05) is 30.2 Å². The fraction of sp³-hybridized carbons (Fsp3) is 0.227. The van der Waals surface area contributed by atoms with Crippen LogP contribution in [0.3, 0.4) is 0 Å². The van der Waals surface area contributed by atoms with E-state index in [9.17, 15) is 4.79 Å². The number of aromatic nitrogens is 3. The number of carbonyl (C=O) groups excluding carboxylic acids is 1. The number of amides is 1. The number of anilines is 4. The topological polar surface area (TPSA) is 117 Å². The largest absolute Gasteiger partial charge is 0.378 e. The minimum Gasteiger partial charge on any atom is -0.378 e. The molecule has 0 saturated carbocycles. The Bertz CT molecular complexity index is 1210. The molecule has 5 rings (SSSR count). The molecule has 3 N–H and O–H groups in total. The van der Waals surface area contributed by atoms with Gasteiger partial charge in [-0.3, -0.25) is 4.79 Å². The van der Waals surface area contributed by atoms with Crippen molar-refractivity contribution < 1.29 is 9.53 Å². The van der Waals surface area contributed by atoms with Crippen LogP contribution in [0.4, 0.5) is 23.5 Å². The number of hydrogen-bond donors (Lipinski definition) is 3. The van der Waals surface area contributed by atoms with E-state index in [1.807, 2.05) is 53.4 Å². The van der Waals surface area contributed by atoms with Crippen molar-refractivity contribution in [1.82, 2.24) is 15.0 Å². The van der Waals surface area contributed by atoms with Crippen LogP contribution in [0.1, 0.15) is 11.1 Å². The molecule has 1 aromatic heterocycles. The average molecular weight is 465 g/mol. The first kappa shape index (κ1) is 21.1. The Balaban J connectivity index is 1.41. The van der Waals surface area contributed by atoms with Crippen LogP contribution in [0.2, 0.25) is 5.02 Å². The van der Waals surface area contributed by atoms with Gasteiger partial charge in [-0.05, 0) is 23.8 Å². The molecule has 3 heterocycles. The lowest BCUT2D eigenvalue weighted by molar-refractivity contribution is -0.110. The van der Waals surface area contributed by atoms with Crippen LogP contribution >= 0.6 is 11.6 Å². The van der Waals surface area contributed by atoms with Gasteiger partial charge in [0.2, 0.25) is 17.8 Å². The van der Waals surface area contributed by atoms with E-state index >= 15 is 0 Å². The van der Waals surface area contributed by atoms with Gasteiger partial charge < -0.3 is 20.3 Å². The lowest BCUT2D eigenvalue weighted by Gasteiger charge is -2.27. The second-order valence-corrected chi connectivity index (χ2v) is 7.87. The summed E-state index contributed by atoms with van der Waals surface area (Å²) in [5.74, 6) is 0.821. The molecular formula is C22H21ClN8O2. The highest BCUT2D eigenvalue weighted by molar-refractivity contribution is 6.53. The maximum Gasteiger partial charge on any atom is 0.276 e. The van der Waals surface area contributed by atoms with Crippen LogP contribution in [-0.2, 0) is 16.1 Å². The van der Waals surface area contributed by atoms with E-state index < -0.39 is 0 Å². The fourth-order valence-electron chi connectivity index (χ4n) is 3.55. The number of ether oxygens (including phenoxy) is 1. The summed E-state index contributed by atoms with van der Waals surface area (Å²) < 4.78 is 5.44. The number of benzene rings is 2. The van der Waals surface area contributed by atoms with Crippen molar-refractivity contribution in [2.75, 3.05) is 47.3 Å². The third kappa shape index (κ3) is 4.86. The summed E-state index contributed by atoms with van der Waals surface area (Å²) in [4.78, 5) is 27.9. The molecule has 33 heavy (non-hydrogen) atoms. The number of hydrogen-bond acceptors (Lipinski definition) is 9. The average Bonchev–Trinajstić information content (AvgIpc) is 3.17. The second kappa shape index (κ2) is 9.39. The Labute approximate surface area is 195 Å². The lowest BCUT2D eigenvalue weighted by atomic mass is 10.1. The zero-order valence-corrected chi connectivity index (χ0v) is 18.3. The van der Waals surface area contributed by atoms with E-state index in [4.69, 9.17) is 16.3 Å². The van der Waals surface area contributed by atoms with Gasteiger partial charge in [-0.2, -0.15) is 20.1 Å². The Morgan fingerprint density at radius 1 is 1.06 bits per heavy atom. The van der Waals surface area contributed by atoms with Gasteiger partial charge in [-0.1, -0.05) is 41.9 Å². The molecule has 10 nitrogen and oxygen atoms in total. The van der Waals surface area contributed by atoms with Crippen molar-refractivity contribution >= 4 is 46.8 Å². The summed E-state index contributed by atoms with van der Waals surface area (Å²) in [7, 11) is 0. The number of nitrogens with one attached hydrogen (secondary N) is 3. The van der Waals surface area contributed by atoms with E-state index in [2.05, 4.69) is 36.1 Å². The number of para-hydroxylation sites is 1. The highest BCUT2D eigenvalue weighted by Gasteiger charge is 2.25. The molecule has 1 fully saturated rings. The molecular weight excluding hydrogens is 444 g/mol. The minimum absolute atomic E-state index is 0.227. The number of carbonyl (C=O) groups is 1. The monoisotopic (exact) mass is 464 g/mol. The quantitative estimate of drug-likeness (QED) is 0.477. The normalized spacial score (nSPS) is 16.5. The second-order valence-electron chi connectivity index (χ2n) is 7.44. The number of morpholine rings is 1. The third-order valence-electron chi connectivity index (χ3n) is 5.17. The van der Waals surface area contributed by atoms with Crippen LogP contribution < -0.4 is 21.0 Å². The molecule has 3 aromatic rings. The van der Waals surface area contributed by atoms with E-state index in [0.29, 0.717) is 49.8 Å². The molecule has 168 valence electrons. The lowest BCUT2D eigenvalue weighted by Crippen LogP contribution is -2.37. The first-order valence-electron chi connectivity index (χ1n) is 10.5. The van der Waals surface area contributed by atoms with Crippen LogP contribution in [0, 0.1) is 0 Å². The molecule has 0 aliphatic carbocycles. The highest BCUT2D eigenvalue weighted by Crippen LogP contribution is 2.23. The number of hydrazone groups is 1. The van der Waals surface area contributed by atoms with Gasteiger partial charge in [0.05, 0.1) is 18.9 Å². The molecule has 0 spiro atoms. The molecule has 2 aliphatic rings. The summed E-state index contributed by atoms with van der Waals surface area (Å²) in [6.45, 7) is 3.01. The summed E-state index contributed by atoms with van der Waals surface area (Å²) in [6.07, 6.45) is 0. The van der Waals surface area contributed by atoms with Gasteiger partial charge in [-0.25, -0.2) is 5.43 Å². The van der Waals surface area contributed by atoms with Gasteiger partial charge in [0.25, 0.3) is 5.91 Å². The van der Waals surface area contributed by atoms with Crippen LogP contribution in [0.25, 0.3) is 0 Å². The van der Waals surface area contributed by atoms with Gasteiger partial charge in [-0.15, -0.1) is 0 Å². The Morgan fingerprint density at radius 2 is 1.88 bits per heavy atom. The molecule has 2 aromatic carbocycles. The number of nitrogens with zero attached hydrogens (tertiary/aromatic N) is 5. The van der Waals surface area contributed by atoms with Crippen molar-refractivity contribution in [1.29, 1.82) is 0 Å².